The molecule has 0 radical (unpaired) electrons. The quantitative estimate of drug-likeness (QED) is 0.428. The molecule has 9 nitrogen and oxygen atoms in total. The van der Waals surface area contributed by atoms with Crippen LogP contribution in [0.1, 0.15) is 50.5 Å². The van der Waals surface area contributed by atoms with Gasteiger partial charge in [-0.15, -0.1) is 0 Å². The first-order valence-electron chi connectivity index (χ1n) is 15.0. The Morgan fingerprint density at radius 3 is 1.93 bits per heavy atom. The summed E-state index contributed by atoms with van der Waals surface area (Å²) in [5, 5.41) is 8.12. The third kappa shape index (κ3) is 5.16. The van der Waals surface area contributed by atoms with Crippen LogP contribution in [-0.2, 0) is 9.59 Å². The summed E-state index contributed by atoms with van der Waals surface area (Å²) in [5.74, 6) is 1.74. The number of rotatable bonds is 7. The van der Waals surface area contributed by atoms with E-state index in [4.69, 9.17) is 9.97 Å². The van der Waals surface area contributed by atoms with Crippen molar-refractivity contribution in [1.29, 1.82) is 0 Å². The van der Waals surface area contributed by atoms with Gasteiger partial charge in [0.2, 0.25) is 11.8 Å². The Bertz CT molecular complexity index is 1390. The van der Waals surface area contributed by atoms with Gasteiger partial charge in [-0.3, -0.25) is 14.5 Å². The monoisotopic (exact) mass is 581 g/mol. The van der Waals surface area contributed by atoms with Crippen LogP contribution in [-0.4, -0.2) is 94.9 Å². The Hall–Kier alpha value is -2.50. The summed E-state index contributed by atoms with van der Waals surface area (Å²) in [7, 11) is 0. The minimum atomic E-state index is 0.145. The molecule has 2 saturated heterocycles. The predicted octanol–water partition coefficient (Wildman–Crippen LogP) is 4.38. The first kappa shape index (κ1) is 26.4. The number of thiazole rings is 2. The molecule has 1 aromatic carbocycles. The minimum Gasteiger partial charge on any atom is -0.352 e. The fraction of sp³-hybridized carbons (Fsp3) is 0.655. The van der Waals surface area contributed by atoms with E-state index in [1.165, 1.54) is 44.9 Å². The minimum absolute atomic E-state index is 0.145. The number of likely N-dealkylation sites (tertiary alicyclic amines) is 1. The van der Waals surface area contributed by atoms with E-state index < -0.39 is 0 Å². The number of nitrogens with zero attached hydrogens (tertiary/aromatic N) is 5. The van der Waals surface area contributed by atoms with Crippen LogP contribution in [0.25, 0.3) is 20.4 Å². The van der Waals surface area contributed by atoms with Gasteiger partial charge in [-0.2, -0.15) is 0 Å². The second-order valence-electron chi connectivity index (χ2n) is 12.0. The molecule has 7 rings (SSSR count). The topological polar surface area (TPSA) is 93.7 Å². The maximum Gasteiger partial charge on any atom is 0.242 e. The molecule has 214 valence electrons. The number of aryl methyl sites for hydroxylation is 1. The Kier molecular flexibility index (Phi) is 7.30. The molecule has 2 amide bonds. The van der Waals surface area contributed by atoms with Crippen molar-refractivity contribution in [3.63, 3.8) is 0 Å². The number of hydrogen-bond donors (Lipinski definition) is 2. The van der Waals surface area contributed by atoms with E-state index >= 15 is 0 Å². The van der Waals surface area contributed by atoms with E-state index in [0.717, 1.165) is 81.6 Å². The molecule has 4 fully saturated rings. The second kappa shape index (κ2) is 11.1. The van der Waals surface area contributed by atoms with Gasteiger partial charge >= 0.3 is 0 Å². The number of carbonyl (C=O) groups is 2. The van der Waals surface area contributed by atoms with Crippen LogP contribution in [0.15, 0.2) is 6.07 Å². The van der Waals surface area contributed by atoms with E-state index in [2.05, 4.69) is 28.5 Å². The highest BCUT2D eigenvalue weighted by Crippen LogP contribution is 2.39. The van der Waals surface area contributed by atoms with Gasteiger partial charge in [0.1, 0.15) is 0 Å². The second-order valence-corrected chi connectivity index (χ2v) is 14.1. The van der Waals surface area contributed by atoms with Crippen LogP contribution in [0.2, 0.25) is 0 Å². The zero-order chi connectivity index (χ0) is 27.2. The first-order valence-corrected chi connectivity index (χ1v) is 16.6. The smallest absolute Gasteiger partial charge is 0.242 e. The number of benzene rings is 1. The van der Waals surface area contributed by atoms with Crippen molar-refractivity contribution >= 4 is 65.2 Å². The molecule has 4 aliphatic rings. The maximum atomic E-state index is 12.9. The number of fused-ring (bicyclic) bond motifs is 3. The molecular formula is C29H39N7O2S2. The fourth-order valence-electron chi connectivity index (χ4n) is 7.35. The van der Waals surface area contributed by atoms with E-state index in [1.54, 1.807) is 22.7 Å². The summed E-state index contributed by atoms with van der Waals surface area (Å²) < 4.78 is 2.17. The molecule has 0 bridgehead atoms. The number of amides is 2. The lowest BCUT2D eigenvalue weighted by molar-refractivity contribution is -0.131. The molecule has 40 heavy (non-hydrogen) atoms. The summed E-state index contributed by atoms with van der Waals surface area (Å²) >= 11 is 3.16. The molecule has 4 heterocycles. The van der Waals surface area contributed by atoms with Crippen molar-refractivity contribution in [1.82, 2.24) is 24.7 Å². The van der Waals surface area contributed by atoms with E-state index in [0.29, 0.717) is 18.4 Å². The summed E-state index contributed by atoms with van der Waals surface area (Å²) in [5.41, 5.74) is 2.89. The lowest BCUT2D eigenvalue weighted by Gasteiger charge is -2.38. The molecule has 2 atom stereocenters. The standard InChI is InChI=1S/C29H39N7O2S2/c1-18-26-22(39-28(32-26)30-14-24(37)35-11-9-34(10-12-35)21-7-2-3-8-21)13-23-27(18)33-29(40-23)31-15-25(38)36-16-19-5-4-6-20(19)17-36/h13,19-21H,2-12,14-17H2,1H3,(H,30,32)(H,31,33). The lowest BCUT2D eigenvalue weighted by atomic mass is 10.0. The summed E-state index contributed by atoms with van der Waals surface area (Å²) in [4.78, 5) is 41.9. The highest BCUT2D eigenvalue weighted by atomic mass is 32.1. The Morgan fingerprint density at radius 1 is 0.800 bits per heavy atom. The molecule has 0 spiro atoms. The third-order valence-electron chi connectivity index (χ3n) is 9.65. The van der Waals surface area contributed by atoms with Crippen molar-refractivity contribution in [2.75, 3.05) is 63.0 Å². The number of anilines is 2. The molecule has 11 heteroatoms. The largest absolute Gasteiger partial charge is 0.352 e. The number of piperazine rings is 1. The third-order valence-corrected chi connectivity index (χ3v) is 11.6. The molecule has 2 saturated carbocycles. The molecule has 2 unspecified atom stereocenters. The molecule has 2 N–H and O–H groups in total. The average Bonchev–Trinajstić information content (AvgIpc) is 3.78. The summed E-state index contributed by atoms with van der Waals surface area (Å²) in [6.07, 6.45) is 9.20. The highest BCUT2D eigenvalue weighted by Gasteiger charge is 2.37. The maximum absolute atomic E-state index is 12.9. The van der Waals surface area contributed by atoms with Gasteiger partial charge in [0, 0.05) is 50.9 Å². The zero-order valence-corrected chi connectivity index (χ0v) is 24.9. The van der Waals surface area contributed by atoms with Gasteiger partial charge in [0.05, 0.1) is 33.5 Å². The summed E-state index contributed by atoms with van der Waals surface area (Å²) in [6.45, 7) is 8.09. The highest BCUT2D eigenvalue weighted by molar-refractivity contribution is 7.24. The first-order chi connectivity index (χ1) is 19.5. The Balaban J connectivity index is 0.946. The molecule has 3 aromatic rings. The van der Waals surface area contributed by atoms with Crippen LogP contribution in [0.3, 0.4) is 0 Å². The van der Waals surface area contributed by atoms with Gasteiger partial charge in [-0.25, -0.2) is 9.97 Å². The predicted molar refractivity (Wildman–Crippen MR) is 162 cm³/mol. The fourth-order valence-corrected chi connectivity index (χ4v) is 9.35. The van der Waals surface area contributed by atoms with E-state index in [9.17, 15) is 9.59 Å². The lowest BCUT2D eigenvalue weighted by Crippen LogP contribution is -2.52. The van der Waals surface area contributed by atoms with Crippen molar-refractivity contribution in [2.45, 2.75) is 57.9 Å². The number of hydrogen-bond acceptors (Lipinski definition) is 9. The normalized spacial score (nSPS) is 23.9. The van der Waals surface area contributed by atoms with Crippen LogP contribution < -0.4 is 10.6 Å². The number of aromatic nitrogens is 2. The van der Waals surface area contributed by atoms with Crippen molar-refractivity contribution < 1.29 is 9.59 Å². The van der Waals surface area contributed by atoms with Gasteiger partial charge in [-0.05, 0) is 50.5 Å². The van der Waals surface area contributed by atoms with Gasteiger partial charge < -0.3 is 20.4 Å². The summed E-state index contributed by atoms with van der Waals surface area (Å²) in [6, 6.07) is 2.87. The number of nitrogens with one attached hydrogen (secondary N) is 2. The molecule has 2 aromatic heterocycles. The average molecular weight is 582 g/mol. The van der Waals surface area contributed by atoms with Crippen molar-refractivity contribution in [2.24, 2.45) is 11.8 Å². The van der Waals surface area contributed by atoms with Crippen LogP contribution in [0, 0.1) is 18.8 Å². The SMILES string of the molecule is Cc1c2nc(NCC(=O)N3CCN(C4CCCC4)CC3)sc2cc2sc(NCC(=O)N3CC4CCCC4C3)nc12. The van der Waals surface area contributed by atoms with Crippen molar-refractivity contribution in [3.05, 3.63) is 11.6 Å². The number of carbonyl (C=O) groups excluding carboxylic acids is 2. The van der Waals surface area contributed by atoms with Crippen LogP contribution in [0.4, 0.5) is 10.3 Å². The van der Waals surface area contributed by atoms with Crippen LogP contribution in [0.5, 0.6) is 0 Å². The van der Waals surface area contributed by atoms with Gasteiger partial charge in [0.25, 0.3) is 0 Å². The molecule has 2 aliphatic heterocycles. The van der Waals surface area contributed by atoms with Crippen LogP contribution >= 0.6 is 22.7 Å². The molecular weight excluding hydrogens is 543 g/mol. The van der Waals surface area contributed by atoms with E-state index in [-0.39, 0.29) is 18.4 Å². The zero-order valence-electron chi connectivity index (χ0n) is 23.3. The Morgan fingerprint density at radius 2 is 1.35 bits per heavy atom. The van der Waals surface area contributed by atoms with Crippen molar-refractivity contribution in [3.8, 4) is 0 Å². The van der Waals surface area contributed by atoms with E-state index in [1.807, 2.05) is 9.80 Å². The Labute approximate surface area is 243 Å². The van der Waals surface area contributed by atoms with Gasteiger partial charge in [0.15, 0.2) is 10.3 Å². The van der Waals surface area contributed by atoms with Gasteiger partial charge in [-0.1, -0.05) is 41.9 Å². The molecule has 2 aliphatic carbocycles.